The van der Waals surface area contributed by atoms with Crippen LogP contribution in [0.2, 0.25) is 0 Å². The molecule has 0 aliphatic carbocycles. The molecule has 0 aromatic heterocycles. The highest BCUT2D eigenvalue weighted by atomic mass is 35.5. The zero-order chi connectivity index (χ0) is 9.14. The summed E-state index contributed by atoms with van der Waals surface area (Å²) in [5.74, 6) is -0.210. The molecule has 1 rings (SSSR count). The normalized spacial score (nSPS) is 8.85. The fourth-order valence-electron chi connectivity index (χ4n) is 0.905. The topological polar surface area (TPSA) is 44.5 Å². The average molecular weight is 208 g/mol. The van der Waals surface area contributed by atoms with Crippen LogP contribution in [-0.2, 0) is 0 Å². The van der Waals surface area contributed by atoms with E-state index in [1.54, 1.807) is 6.07 Å². The monoisotopic (exact) mass is 207 g/mol. The van der Waals surface area contributed by atoms with E-state index in [2.05, 4.69) is 0 Å². The highest BCUT2D eigenvalue weighted by Gasteiger charge is 2.11. The first-order valence-electron chi connectivity index (χ1n) is 3.36. The number of rotatable bonds is 2. The van der Waals surface area contributed by atoms with E-state index >= 15 is 0 Å². The van der Waals surface area contributed by atoms with Crippen LogP contribution in [0.4, 0.5) is 10.1 Å². The SMILES string of the molecule is COc1ccc(N)c(F)c1OC.Cl. The van der Waals surface area contributed by atoms with Gasteiger partial charge in [-0.05, 0) is 12.1 Å². The quantitative estimate of drug-likeness (QED) is 0.753. The molecule has 0 radical (unpaired) electrons. The van der Waals surface area contributed by atoms with Crippen LogP contribution in [0.25, 0.3) is 0 Å². The van der Waals surface area contributed by atoms with Crippen LogP contribution in [0.1, 0.15) is 0 Å². The van der Waals surface area contributed by atoms with Crippen LogP contribution >= 0.6 is 12.4 Å². The Balaban J connectivity index is 0.00000144. The molecule has 0 heterocycles. The van der Waals surface area contributed by atoms with Gasteiger partial charge in [0.25, 0.3) is 0 Å². The minimum Gasteiger partial charge on any atom is -0.493 e. The van der Waals surface area contributed by atoms with Crippen LogP contribution in [0.15, 0.2) is 12.1 Å². The van der Waals surface area contributed by atoms with Gasteiger partial charge in [-0.3, -0.25) is 0 Å². The molecule has 0 saturated heterocycles. The smallest absolute Gasteiger partial charge is 0.198 e. The fraction of sp³-hybridized carbons (Fsp3) is 0.250. The third-order valence-corrected chi connectivity index (χ3v) is 1.51. The number of anilines is 1. The minimum absolute atomic E-state index is 0. The van der Waals surface area contributed by atoms with E-state index in [0.717, 1.165) is 0 Å². The average Bonchev–Trinajstić information content (AvgIpc) is 2.09. The molecule has 0 saturated carbocycles. The lowest BCUT2D eigenvalue weighted by Crippen LogP contribution is -1.97. The van der Waals surface area contributed by atoms with Crippen molar-refractivity contribution in [1.29, 1.82) is 0 Å². The molecule has 0 unspecified atom stereocenters. The molecule has 1 aromatic carbocycles. The fourth-order valence-corrected chi connectivity index (χ4v) is 0.905. The van der Waals surface area contributed by atoms with E-state index < -0.39 is 5.82 Å². The van der Waals surface area contributed by atoms with Crippen LogP contribution < -0.4 is 15.2 Å². The number of methoxy groups -OCH3 is 2. The number of hydrogen-bond acceptors (Lipinski definition) is 3. The molecule has 74 valence electrons. The van der Waals surface area contributed by atoms with Crippen molar-refractivity contribution < 1.29 is 13.9 Å². The molecular formula is C8H11ClFNO2. The van der Waals surface area contributed by atoms with Crippen molar-refractivity contribution in [2.24, 2.45) is 0 Å². The predicted octanol–water partition coefficient (Wildman–Crippen LogP) is 1.85. The lowest BCUT2D eigenvalue weighted by Gasteiger charge is -2.08. The molecule has 0 amide bonds. The molecule has 3 nitrogen and oxygen atoms in total. The standard InChI is InChI=1S/C8H10FNO2.ClH/c1-11-6-4-3-5(10)7(9)8(6)12-2;/h3-4H,10H2,1-2H3;1H. The number of benzene rings is 1. The Kier molecular flexibility index (Phi) is 4.34. The summed E-state index contributed by atoms with van der Waals surface area (Å²) in [6.07, 6.45) is 0. The predicted molar refractivity (Wildman–Crippen MR) is 51.2 cm³/mol. The summed E-state index contributed by atoms with van der Waals surface area (Å²) >= 11 is 0. The van der Waals surface area contributed by atoms with E-state index in [1.807, 2.05) is 0 Å². The van der Waals surface area contributed by atoms with Gasteiger partial charge in [0.2, 0.25) is 0 Å². The first kappa shape index (κ1) is 11.8. The van der Waals surface area contributed by atoms with E-state index in [0.29, 0.717) is 5.75 Å². The van der Waals surface area contributed by atoms with E-state index in [9.17, 15) is 4.39 Å². The van der Waals surface area contributed by atoms with E-state index in [-0.39, 0.29) is 23.8 Å². The Morgan fingerprint density at radius 2 is 1.85 bits per heavy atom. The summed E-state index contributed by atoms with van der Waals surface area (Å²) in [5.41, 5.74) is 5.36. The maximum Gasteiger partial charge on any atom is 0.198 e. The van der Waals surface area contributed by atoms with Crippen molar-refractivity contribution in [2.45, 2.75) is 0 Å². The van der Waals surface area contributed by atoms with Crippen molar-refractivity contribution in [1.82, 2.24) is 0 Å². The summed E-state index contributed by atoms with van der Waals surface area (Å²) in [4.78, 5) is 0. The van der Waals surface area contributed by atoms with Crippen LogP contribution in [0, 0.1) is 5.82 Å². The van der Waals surface area contributed by atoms with Crippen molar-refractivity contribution in [3.8, 4) is 11.5 Å². The first-order valence-corrected chi connectivity index (χ1v) is 3.36. The summed E-state index contributed by atoms with van der Waals surface area (Å²) in [5, 5.41) is 0. The molecule has 0 aliphatic rings. The largest absolute Gasteiger partial charge is 0.493 e. The Bertz CT molecular complexity index is 294. The highest BCUT2D eigenvalue weighted by Crippen LogP contribution is 2.32. The van der Waals surface area contributed by atoms with Crippen molar-refractivity contribution in [3.63, 3.8) is 0 Å². The molecule has 5 heteroatoms. The number of halogens is 2. The number of hydrogen-bond donors (Lipinski definition) is 1. The zero-order valence-electron chi connectivity index (χ0n) is 7.33. The molecule has 13 heavy (non-hydrogen) atoms. The number of ether oxygens (including phenoxy) is 2. The Morgan fingerprint density at radius 3 is 2.31 bits per heavy atom. The summed E-state index contributed by atoms with van der Waals surface area (Å²) < 4.78 is 22.7. The van der Waals surface area contributed by atoms with Gasteiger partial charge in [0.05, 0.1) is 19.9 Å². The maximum atomic E-state index is 13.1. The lowest BCUT2D eigenvalue weighted by atomic mass is 10.2. The maximum absolute atomic E-state index is 13.1. The summed E-state index contributed by atoms with van der Waals surface area (Å²) in [7, 11) is 2.80. The molecule has 0 spiro atoms. The third kappa shape index (κ3) is 2.15. The van der Waals surface area contributed by atoms with Gasteiger partial charge in [-0.2, -0.15) is 0 Å². The Morgan fingerprint density at radius 1 is 1.23 bits per heavy atom. The van der Waals surface area contributed by atoms with Gasteiger partial charge in [0.15, 0.2) is 17.3 Å². The van der Waals surface area contributed by atoms with Gasteiger partial charge in [-0.25, -0.2) is 4.39 Å². The van der Waals surface area contributed by atoms with E-state index in [4.69, 9.17) is 15.2 Å². The van der Waals surface area contributed by atoms with Crippen molar-refractivity contribution >= 4 is 18.1 Å². The Labute approximate surface area is 82.0 Å². The summed E-state index contributed by atoms with van der Waals surface area (Å²) in [6, 6.07) is 2.98. The molecule has 1 aromatic rings. The van der Waals surface area contributed by atoms with Gasteiger partial charge in [0, 0.05) is 0 Å². The van der Waals surface area contributed by atoms with Gasteiger partial charge in [-0.1, -0.05) is 0 Å². The summed E-state index contributed by atoms with van der Waals surface area (Å²) in [6.45, 7) is 0. The number of nitrogens with two attached hydrogens (primary N) is 1. The van der Waals surface area contributed by atoms with Gasteiger partial charge in [-0.15, -0.1) is 12.4 Å². The van der Waals surface area contributed by atoms with Crippen LogP contribution in [0.3, 0.4) is 0 Å². The molecule has 0 bridgehead atoms. The molecule has 0 atom stereocenters. The molecule has 0 fully saturated rings. The van der Waals surface area contributed by atoms with E-state index in [1.165, 1.54) is 20.3 Å². The lowest BCUT2D eigenvalue weighted by molar-refractivity contribution is 0.338. The van der Waals surface area contributed by atoms with Crippen molar-refractivity contribution in [3.05, 3.63) is 17.9 Å². The second-order valence-electron chi connectivity index (χ2n) is 2.20. The van der Waals surface area contributed by atoms with Gasteiger partial charge in [0.1, 0.15) is 0 Å². The van der Waals surface area contributed by atoms with Crippen LogP contribution in [0.5, 0.6) is 11.5 Å². The second kappa shape index (κ2) is 4.77. The molecular weight excluding hydrogens is 197 g/mol. The first-order chi connectivity index (χ1) is 5.70. The minimum atomic E-state index is -0.586. The van der Waals surface area contributed by atoms with Crippen molar-refractivity contribution in [2.75, 3.05) is 20.0 Å². The third-order valence-electron chi connectivity index (χ3n) is 1.51. The molecule has 2 N–H and O–H groups in total. The van der Waals surface area contributed by atoms with Gasteiger partial charge < -0.3 is 15.2 Å². The number of nitrogen functional groups attached to an aromatic ring is 1. The zero-order valence-corrected chi connectivity index (χ0v) is 8.15. The second-order valence-corrected chi connectivity index (χ2v) is 2.20. The molecule has 0 aliphatic heterocycles. The Hall–Kier alpha value is -1.16. The van der Waals surface area contributed by atoms with Crippen LogP contribution in [-0.4, -0.2) is 14.2 Å². The van der Waals surface area contributed by atoms with Gasteiger partial charge >= 0.3 is 0 Å². The highest BCUT2D eigenvalue weighted by molar-refractivity contribution is 5.85.